The number of fused-ring (bicyclic) bond motifs is 1. The number of hydrogen-bond donors (Lipinski definition) is 2. The minimum atomic E-state index is -0.308. The van der Waals surface area contributed by atoms with Crippen molar-refractivity contribution in [2.45, 2.75) is 39.8 Å². The van der Waals surface area contributed by atoms with Gasteiger partial charge in [0, 0.05) is 5.69 Å². The zero-order valence-electron chi connectivity index (χ0n) is 15.7. The average molecular weight is 365 g/mol. The molecule has 1 aromatic heterocycles. The van der Waals surface area contributed by atoms with Gasteiger partial charge in [0.1, 0.15) is 5.52 Å². The second-order valence-electron chi connectivity index (χ2n) is 6.54. The third-order valence-corrected chi connectivity index (χ3v) is 4.70. The number of rotatable bonds is 5. The van der Waals surface area contributed by atoms with Gasteiger partial charge in [-0.05, 0) is 49.6 Å². The number of aromatic nitrogens is 3. The zero-order valence-corrected chi connectivity index (χ0v) is 15.7. The molecule has 2 N–H and O–H groups in total. The number of carbonyl (C=O) groups excluding carboxylic acids is 1. The van der Waals surface area contributed by atoms with Gasteiger partial charge in [-0.1, -0.05) is 36.4 Å². The summed E-state index contributed by atoms with van der Waals surface area (Å²) in [4.78, 5) is 25.0. The lowest BCUT2D eigenvalue weighted by atomic mass is 10.1. The van der Waals surface area contributed by atoms with Crippen molar-refractivity contribution in [2.24, 2.45) is 0 Å². The summed E-state index contributed by atoms with van der Waals surface area (Å²) in [6.45, 7) is 6.17. The van der Waals surface area contributed by atoms with Crippen LogP contribution in [-0.4, -0.2) is 27.1 Å². The highest BCUT2D eigenvalue weighted by atomic mass is 16.2. The van der Waals surface area contributed by atoms with Crippen molar-refractivity contribution in [1.82, 2.24) is 20.3 Å². The van der Waals surface area contributed by atoms with Crippen LogP contribution in [-0.2, 0) is 6.54 Å². The van der Waals surface area contributed by atoms with Crippen LogP contribution in [0.1, 0.15) is 24.5 Å². The lowest BCUT2D eigenvalue weighted by Gasteiger charge is -2.18. The van der Waals surface area contributed by atoms with E-state index in [-0.39, 0.29) is 24.2 Å². The van der Waals surface area contributed by atoms with Crippen molar-refractivity contribution in [1.29, 1.82) is 0 Å². The van der Waals surface area contributed by atoms with Crippen LogP contribution in [0.25, 0.3) is 10.9 Å². The maximum atomic E-state index is 12.6. The Kier molecular flexibility index (Phi) is 5.49. The molecule has 0 spiro atoms. The topological polar surface area (TPSA) is 88.9 Å². The van der Waals surface area contributed by atoms with Crippen LogP contribution in [0, 0.1) is 13.8 Å². The minimum absolute atomic E-state index is 0.212. The van der Waals surface area contributed by atoms with E-state index in [1.165, 1.54) is 4.68 Å². The van der Waals surface area contributed by atoms with Gasteiger partial charge < -0.3 is 10.6 Å². The summed E-state index contributed by atoms with van der Waals surface area (Å²) in [5, 5.41) is 14.4. The van der Waals surface area contributed by atoms with Gasteiger partial charge in [-0.25, -0.2) is 9.48 Å². The summed E-state index contributed by atoms with van der Waals surface area (Å²) < 4.78 is 1.30. The summed E-state index contributed by atoms with van der Waals surface area (Å²) in [5.41, 5.74) is 3.25. The molecule has 0 aliphatic rings. The standard InChI is InChI=1S/C20H23N5O2/c1-4-15(21-20(27)22-17-11-7-8-13(2)14(17)3)12-25-19(26)16-9-5-6-10-18(16)23-24-25/h5-11,15H,4,12H2,1-3H3,(H2,21,22,27). The molecule has 7 nitrogen and oxygen atoms in total. The Bertz CT molecular complexity index is 1030. The number of hydrogen-bond acceptors (Lipinski definition) is 4. The lowest BCUT2D eigenvalue weighted by molar-refractivity contribution is 0.245. The van der Waals surface area contributed by atoms with E-state index >= 15 is 0 Å². The van der Waals surface area contributed by atoms with Crippen molar-refractivity contribution in [3.8, 4) is 0 Å². The first-order valence-electron chi connectivity index (χ1n) is 8.96. The Balaban J connectivity index is 1.72. The molecule has 27 heavy (non-hydrogen) atoms. The lowest BCUT2D eigenvalue weighted by Crippen LogP contribution is -2.42. The molecule has 0 aliphatic heterocycles. The third kappa shape index (κ3) is 4.13. The molecule has 1 atom stereocenters. The van der Waals surface area contributed by atoms with E-state index < -0.39 is 0 Å². The maximum Gasteiger partial charge on any atom is 0.319 e. The van der Waals surface area contributed by atoms with Crippen molar-refractivity contribution >= 4 is 22.6 Å². The van der Waals surface area contributed by atoms with Gasteiger partial charge in [-0.15, -0.1) is 5.10 Å². The molecule has 2 aromatic carbocycles. The molecule has 0 saturated heterocycles. The Morgan fingerprint density at radius 1 is 1.15 bits per heavy atom. The summed E-state index contributed by atoms with van der Waals surface area (Å²) in [7, 11) is 0. The normalized spacial score (nSPS) is 12.0. The molecule has 3 rings (SSSR count). The van der Waals surface area contributed by atoms with Gasteiger partial charge in [0.15, 0.2) is 0 Å². The Morgan fingerprint density at radius 2 is 1.93 bits per heavy atom. The van der Waals surface area contributed by atoms with Crippen molar-refractivity contribution < 1.29 is 4.79 Å². The minimum Gasteiger partial charge on any atom is -0.333 e. The van der Waals surface area contributed by atoms with E-state index in [2.05, 4.69) is 20.9 Å². The Morgan fingerprint density at radius 3 is 2.70 bits per heavy atom. The zero-order chi connectivity index (χ0) is 19.4. The largest absolute Gasteiger partial charge is 0.333 e. The summed E-state index contributed by atoms with van der Waals surface area (Å²) in [6.07, 6.45) is 0.654. The quantitative estimate of drug-likeness (QED) is 0.727. The first-order chi connectivity index (χ1) is 13.0. The average Bonchev–Trinajstić information content (AvgIpc) is 2.67. The second kappa shape index (κ2) is 7.99. The Hall–Kier alpha value is -3.22. The monoisotopic (exact) mass is 365 g/mol. The van der Waals surface area contributed by atoms with Crippen LogP contribution in [0.4, 0.5) is 10.5 Å². The first-order valence-corrected chi connectivity index (χ1v) is 8.96. The highest BCUT2D eigenvalue weighted by molar-refractivity contribution is 5.90. The predicted octanol–water partition coefficient (Wildman–Crippen LogP) is 3.01. The summed E-state index contributed by atoms with van der Waals surface area (Å²) >= 11 is 0. The summed E-state index contributed by atoms with van der Waals surface area (Å²) in [5.74, 6) is 0. The van der Waals surface area contributed by atoms with E-state index in [9.17, 15) is 9.59 Å². The number of anilines is 1. The number of aryl methyl sites for hydroxylation is 1. The molecule has 0 radical (unpaired) electrons. The van der Waals surface area contributed by atoms with E-state index in [1.807, 2.05) is 45.0 Å². The summed E-state index contributed by atoms with van der Waals surface area (Å²) in [6, 6.07) is 12.3. The molecule has 0 bridgehead atoms. The van der Waals surface area contributed by atoms with Crippen molar-refractivity contribution in [3.05, 3.63) is 63.9 Å². The van der Waals surface area contributed by atoms with E-state index in [1.54, 1.807) is 18.2 Å². The Labute approximate surface area is 157 Å². The van der Waals surface area contributed by atoms with Gasteiger partial charge in [0.25, 0.3) is 5.56 Å². The SMILES string of the molecule is CCC(Cn1nnc2ccccc2c1=O)NC(=O)Nc1cccc(C)c1C. The van der Waals surface area contributed by atoms with Crippen molar-refractivity contribution in [3.63, 3.8) is 0 Å². The van der Waals surface area contributed by atoms with Gasteiger partial charge in [0.05, 0.1) is 18.0 Å². The fraction of sp³-hybridized carbons (Fsp3) is 0.300. The third-order valence-electron chi connectivity index (χ3n) is 4.70. The molecule has 1 heterocycles. The smallest absolute Gasteiger partial charge is 0.319 e. The van der Waals surface area contributed by atoms with Crippen LogP contribution in [0.5, 0.6) is 0 Å². The molecular formula is C20H23N5O2. The van der Waals surface area contributed by atoms with Crippen LogP contribution in [0.15, 0.2) is 47.3 Å². The molecular weight excluding hydrogens is 342 g/mol. The van der Waals surface area contributed by atoms with Crippen LogP contribution in [0.3, 0.4) is 0 Å². The van der Waals surface area contributed by atoms with Gasteiger partial charge in [0.2, 0.25) is 0 Å². The van der Waals surface area contributed by atoms with Gasteiger partial charge in [-0.2, -0.15) is 0 Å². The molecule has 2 amide bonds. The highest BCUT2D eigenvalue weighted by Gasteiger charge is 2.15. The predicted molar refractivity (Wildman–Crippen MR) is 106 cm³/mol. The second-order valence-corrected chi connectivity index (χ2v) is 6.54. The van der Waals surface area contributed by atoms with E-state index in [0.717, 1.165) is 16.8 Å². The van der Waals surface area contributed by atoms with Gasteiger partial charge in [-0.3, -0.25) is 4.79 Å². The van der Waals surface area contributed by atoms with Crippen molar-refractivity contribution in [2.75, 3.05) is 5.32 Å². The molecule has 140 valence electrons. The molecule has 3 aromatic rings. The number of nitrogens with one attached hydrogen (secondary N) is 2. The molecule has 1 unspecified atom stereocenters. The number of nitrogens with zero attached hydrogens (tertiary/aromatic N) is 3. The molecule has 0 saturated carbocycles. The number of urea groups is 1. The molecule has 0 fully saturated rings. The number of carbonyl (C=O) groups is 1. The van der Waals surface area contributed by atoms with Crippen LogP contribution in [0.2, 0.25) is 0 Å². The van der Waals surface area contributed by atoms with Crippen LogP contribution < -0.4 is 16.2 Å². The van der Waals surface area contributed by atoms with Crippen LogP contribution >= 0.6 is 0 Å². The highest BCUT2D eigenvalue weighted by Crippen LogP contribution is 2.17. The van der Waals surface area contributed by atoms with E-state index in [4.69, 9.17) is 0 Å². The van der Waals surface area contributed by atoms with Gasteiger partial charge >= 0.3 is 6.03 Å². The first kappa shape index (κ1) is 18.6. The van der Waals surface area contributed by atoms with E-state index in [0.29, 0.717) is 17.3 Å². The molecule has 0 aliphatic carbocycles. The maximum absolute atomic E-state index is 12.6. The molecule has 7 heteroatoms. The number of benzene rings is 2. The fourth-order valence-corrected chi connectivity index (χ4v) is 2.86. The number of amides is 2. The fourth-order valence-electron chi connectivity index (χ4n) is 2.86.